The maximum absolute atomic E-state index is 14.2. The highest BCUT2D eigenvalue weighted by Gasteiger charge is 2.44. The second-order valence-electron chi connectivity index (χ2n) is 12.4. The molecule has 1 aromatic heterocycles. The van der Waals surface area contributed by atoms with Gasteiger partial charge in [0.05, 0.1) is 5.41 Å². The number of nitrogens with two attached hydrogens (primary N) is 1. The van der Waals surface area contributed by atoms with Crippen molar-refractivity contribution in [2.45, 2.75) is 57.5 Å². The third kappa shape index (κ3) is 8.08. The molecule has 1 aliphatic heterocycles. The van der Waals surface area contributed by atoms with Gasteiger partial charge in [0.15, 0.2) is 0 Å². The van der Waals surface area contributed by atoms with Crippen molar-refractivity contribution in [2.75, 3.05) is 27.2 Å². The summed E-state index contributed by atoms with van der Waals surface area (Å²) in [6.07, 6.45) is 7.76. The largest absolute Gasteiger partial charge is 0.361 e. The summed E-state index contributed by atoms with van der Waals surface area (Å²) in [6, 6.07) is 17.0. The third-order valence-electron chi connectivity index (χ3n) is 7.71. The molecule has 0 bridgehead atoms. The summed E-state index contributed by atoms with van der Waals surface area (Å²) in [5, 5.41) is 5.61. The topological polar surface area (TPSA) is 124 Å². The number of H-pyrrole nitrogens is 1. The van der Waals surface area contributed by atoms with E-state index in [0.717, 1.165) is 22.0 Å². The smallest absolute Gasteiger partial charge is 0.245 e. The predicted molar refractivity (Wildman–Crippen MR) is 166 cm³/mol. The number of aromatic amines is 1. The Balaban J connectivity index is 1.61. The number of rotatable bonds is 11. The van der Waals surface area contributed by atoms with Gasteiger partial charge in [0.25, 0.3) is 0 Å². The summed E-state index contributed by atoms with van der Waals surface area (Å²) in [5.41, 5.74) is 10.7. The van der Waals surface area contributed by atoms with E-state index in [2.05, 4.69) is 15.7 Å². The zero-order valence-electron chi connectivity index (χ0n) is 25.2. The van der Waals surface area contributed by atoms with Crippen LogP contribution in [0.15, 0.2) is 72.9 Å². The van der Waals surface area contributed by atoms with E-state index in [-0.39, 0.29) is 24.3 Å². The van der Waals surface area contributed by atoms with Crippen LogP contribution in [0.5, 0.6) is 0 Å². The number of hydrogen-bond acceptors (Lipinski definition) is 5. The first-order chi connectivity index (χ1) is 20.0. The van der Waals surface area contributed by atoms with Crippen LogP contribution < -0.4 is 16.5 Å². The van der Waals surface area contributed by atoms with E-state index in [4.69, 9.17) is 5.73 Å². The molecule has 224 valence electrons. The standard InChI is InChI=1S/C33H44N6O3/c1-32(2,34)17-10-16-29(40)36-28(20-25-22-35-27-15-9-8-14-26(25)27)30(41)39-19-11-18-33(23-39,31(42)37-38(3)4)21-24-12-6-5-7-13-24/h5-10,12-16,22,28,35H,11,17-21,23,34H2,1-4H3,(H,36,40)(H,37,42)/b16-10+/t28-,33?/m1/s1. The predicted octanol–water partition coefficient (Wildman–Crippen LogP) is 3.32. The van der Waals surface area contributed by atoms with E-state index in [0.29, 0.717) is 38.6 Å². The Labute approximate surface area is 248 Å². The Morgan fingerprint density at radius 2 is 1.83 bits per heavy atom. The maximum Gasteiger partial charge on any atom is 0.245 e. The highest BCUT2D eigenvalue weighted by Crippen LogP contribution is 2.35. The molecule has 2 heterocycles. The number of carbonyl (C=O) groups is 3. The number of fused-ring (bicyclic) bond motifs is 1. The van der Waals surface area contributed by atoms with Crippen molar-refractivity contribution in [3.8, 4) is 0 Å². The van der Waals surface area contributed by atoms with Crippen molar-refractivity contribution in [2.24, 2.45) is 11.1 Å². The van der Waals surface area contributed by atoms with Gasteiger partial charge in [-0.2, -0.15) is 0 Å². The van der Waals surface area contributed by atoms with Crippen molar-refractivity contribution in [1.82, 2.24) is 25.6 Å². The summed E-state index contributed by atoms with van der Waals surface area (Å²) in [5.74, 6) is -0.662. The zero-order chi connectivity index (χ0) is 30.3. The molecule has 2 atom stereocenters. The fraction of sp³-hybridized carbons (Fsp3) is 0.424. The Morgan fingerprint density at radius 1 is 1.12 bits per heavy atom. The second kappa shape index (κ2) is 13.4. The number of likely N-dealkylation sites (tertiary alicyclic amines) is 1. The van der Waals surface area contributed by atoms with Crippen LogP contribution in [0.4, 0.5) is 0 Å². The molecule has 0 radical (unpaired) electrons. The van der Waals surface area contributed by atoms with Gasteiger partial charge in [0, 0.05) is 56.2 Å². The molecule has 3 aromatic rings. The molecule has 2 aromatic carbocycles. The lowest BCUT2D eigenvalue weighted by atomic mass is 9.74. The van der Waals surface area contributed by atoms with Crippen molar-refractivity contribution in [3.05, 3.63) is 84.1 Å². The molecule has 0 aliphatic carbocycles. The van der Waals surface area contributed by atoms with Gasteiger partial charge in [-0.3, -0.25) is 19.8 Å². The molecule has 1 unspecified atom stereocenters. The molecular formula is C33H44N6O3. The number of carbonyl (C=O) groups excluding carboxylic acids is 3. The van der Waals surface area contributed by atoms with E-state index in [1.165, 1.54) is 6.08 Å². The minimum absolute atomic E-state index is 0.113. The minimum atomic E-state index is -0.809. The lowest BCUT2D eigenvalue weighted by molar-refractivity contribution is -0.146. The number of aromatic nitrogens is 1. The van der Waals surface area contributed by atoms with Crippen molar-refractivity contribution in [3.63, 3.8) is 0 Å². The number of amides is 3. The van der Waals surface area contributed by atoms with E-state index in [1.807, 2.05) is 74.6 Å². The second-order valence-corrected chi connectivity index (χ2v) is 12.4. The fourth-order valence-electron chi connectivity index (χ4n) is 5.67. The molecule has 0 saturated carbocycles. The molecule has 1 aliphatic rings. The highest BCUT2D eigenvalue weighted by molar-refractivity contribution is 5.94. The van der Waals surface area contributed by atoms with Crippen LogP contribution >= 0.6 is 0 Å². The lowest BCUT2D eigenvalue weighted by Crippen LogP contribution is -2.59. The molecule has 1 fully saturated rings. The first kappa shape index (κ1) is 31.0. The monoisotopic (exact) mass is 572 g/mol. The average Bonchev–Trinajstić information content (AvgIpc) is 3.34. The number of piperidine rings is 1. The normalized spacial score (nSPS) is 18.4. The van der Waals surface area contributed by atoms with Crippen LogP contribution in [-0.4, -0.2) is 71.4 Å². The van der Waals surface area contributed by atoms with Gasteiger partial charge in [0.1, 0.15) is 6.04 Å². The molecule has 3 amide bonds. The Kier molecular flexibility index (Phi) is 9.85. The van der Waals surface area contributed by atoms with Gasteiger partial charge in [-0.1, -0.05) is 54.6 Å². The number of hydrogen-bond donors (Lipinski definition) is 4. The molecular weight excluding hydrogens is 528 g/mol. The Bertz CT molecular complexity index is 1410. The van der Waals surface area contributed by atoms with Crippen LogP contribution in [0.25, 0.3) is 10.9 Å². The molecule has 4 rings (SSSR count). The highest BCUT2D eigenvalue weighted by atomic mass is 16.2. The number of nitrogens with one attached hydrogen (secondary N) is 3. The number of nitrogens with zero attached hydrogens (tertiary/aromatic N) is 2. The Morgan fingerprint density at radius 3 is 2.55 bits per heavy atom. The molecule has 9 nitrogen and oxygen atoms in total. The first-order valence-corrected chi connectivity index (χ1v) is 14.6. The third-order valence-corrected chi connectivity index (χ3v) is 7.71. The van der Waals surface area contributed by atoms with Crippen molar-refractivity contribution < 1.29 is 14.4 Å². The molecule has 1 saturated heterocycles. The summed E-state index contributed by atoms with van der Waals surface area (Å²) in [7, 11) is 3.57. The van der Waals surface area contributed by atoms with Crippen LogP contribution in [0.3, 0.4) is 0 Å². The van der Waals surface area contributed by atoms with Crippen LogP contribution in [0, 0.1) is 5.41 Å². The SMILES string of the molecule is CN(C)NC(=O)C1(Cc2ccccc2)CCCN(C(=O)[C@@H](Cc2c[nH]c3ccccc23)NC(=O)/C=C/CC(C)(C)N)C1. The van der Waals surface area contributed by atoms with E-state index in [9.17, 15) is 14.4 Å². The first-order valence-electron chi connectivity index (χ1n) is 14.6. The van der Waals surface area contributed by atoms with Gasteiger partial charge in [0.2, 0.25) is 17.7 Å². The number of hydrazine groups is 1. The summed E-state index contributed by atoms with van der Waals surface area (Å²) < 4.78 is 0. The quantitative estimate of drug-likeness (QED) is 0.207. The molecule has 5 N–H and O–H groups in total. The van der Waals surface area contributed by atoms with Gasteiger partial charge >= 0.3 is 0 Å². The summed E-state index contributed by atoms with van der Waals surface area (Å²) in [6.45, 7) is 4.56. The number of para-hydroxylation sites is 1. The van der Waals surface area contributed by atoms with Gasteiger partial charge in [-0.15, -0.1) is 0 Å². The fourth-order valence-corrected chi connectivity index (χ4v) is 5.67. The van der Waals surface area contributed by atoms with E-state index < -0.39 is 17.0 Å². The average molecular weight is 573 g/mol. The maximum atomic E-state index is 14.2. The minimum Gasteiger partial charge on any atom is -0.361 e. The summed E-state index contributed by atoms with van der Waals surface area (Å²) in [4.78, 5) is 46.0. The van der Waals surface area contributed by atoms with Crippen molar-refractivity contribution >= 4 is 28.6 Å². The number of benzene rings is 2. The van der Waals surface area contributed by atoms with Crippen LogP contribution in [-0.2, 0) is 27.2 Å². The van der Waals surface area contributed by atoms with E-state index in [1.54, 1.807) is 30.1 Å². The van der Waals surface area contributed by atoms with Crippen molar-refractivity contribution in [1.29, 1.82) is 0 Å². The van der Waals surface area contributed by atoms with Gasteiger partial charge in [-0.05, 0) is 62.8 Å². The summed E-state index contributed by atoms with van der Waals surface area (Å²) >= 11 is 0. The van der Waals surface area contributed by atoms with Crippen LogP contribution in [0.1, 0.15) is 44.2 Å². The molecule has 0 spiro atoms. The van der Waals surface area contributed by atoms with Gasteiger partial charge < -0.3 is 20.9 Å². The van der Waals surface area contributed by atoms with E-state index >= 15 is 0 Å². The molecule has 9 heteroatoms. The molecule has 42 heavy (non-hydrogen) atoms. The lowest BCUT2D eigenvalue weighted by Gasteiger charge is -2.43. The van der Waals surface area contributed by atoms with Crippen LogP contribution in [0.2, 0.25) is 0 Å². The Hall–Kier alpha value is -3.95. The zero-order valence-corrected chi connectivity index (χ0v) is 25.2. The van der Waals surface area contributed by atoms with Gasteiger partial charge in [-0.25, -0.2) is 5.01 Å².